The first-order valence-electron chi connectivity index (χ1n) is 8.78. The van der Waals surface area contributed by atoms with Crippen LogP contribution in [0.15, 0.2) is 24.3 Å². The molecule has 142 valence electrons. The summed E-state index contributed by atoms with van der Waals surface area (Å²) in [7, 11) is -0.239. The van der Waals surface area contributed by atoms with Crippen LogP contribution in [0.1, 0.15) is 25.0 Å². The molecule has 0 aromatic heterocycles. The van der Waals surface area contributed by atoms with E-state index in [1.807, 2.05) is 0 Å². The highest BCUT2D eigenvalue weighted by Gasteiger charge is 2.41. The number of fused-ring (bicyclic) bond motifs is 1. The van der Waals surface area contributed by atoms with Gasteiger partial charge in [0, 0.05) is 39.3 Å². The highest BCUT2D eigenvalue weighted by atomic mass is 35.5. The summed E-state index contributed by atoms with van der Waals surface area (Å²) in [6, 6.07) is 9.14. The van der Waals surface area contributed by atoms with Crippen molar-refractivity contribution >= 4 is 22.6 Å². The minimum Gasteiger partial charge on any atom is -0.298 e. The fraction of sp³-hybridized carbons (Fsp3) is 0.667. The molecule has 5 nitrogen and oxygen atoms in total. The first-order chi connectivity index (χ1) is 11.3. The van der Waals surface area contributed by atoms with Gasteiger partial charge in [-0.1, -0.05) is 38.1 Å². The molecular weight excluding hydrogens is 358 g/mol. The predicted octanol–water partition coefficient (Wildman–Crippen LogP) is 1.93. The van der Waals surface area contributed by atoms with Crippen molar-refractivity contribution in [1.29, 1.82) is 0 Å². The molecule has 1 aromatic rings. The van der Waals surface area contributed by atoms with E-state index in [9.17, 15) is 8.42 Å². The summed E-state index contributed by atoms with van der Waals surface area (Å²) in [4.78, 5) is 2.49. The van der Waals surface area contributed by atoms with Crippen molar-refractivity contribution in [2.75, 3.05) is 27.2 Å². The first-order valence-corrected chi connectivity index (χ1v) is 10.2. The standard InChI is InChI=1S/C18H29N3O2S.ClH/c1-13(2)17-11-21(12-18(17)19-24(22,23)20(3)4)16-9-14-7-5-6-8-15(14)10-16;/h5-8,13,16-19H,9-12H2,1-4H3;1H/t17-,18+;/m1./s1. The Bertz CT molecular complexity index is 668. The lowest BCUT2D eigenvalue weighted by molar-refractivity contribution is 0.231. The van der Waals surface area contributed by atoms with Gasteiger partial charge in [-0.25, -0.2) is 0 Å². The van der Waals surface area contributed by atoms with Gasteiger partial charge in [0.15, 0.2) is 0 Å². The molecule has 1 fully saturated rings. The Morgan fingerprint density at radius 3 is 2.16 bits per heavy atom. The Hall–Kier alpha value is -0.660. The molecule has 1 aliphatic carbocycles. The second-order valence-electron chi connectivity index (χ2n) is 7.70. The molecule has 25 heavy (non-hydrogen) atoms. The van der Waals surface area contributed by atoms with Crippen LogP contribution < -0.4 is 4.72 Å². The van der Waals surface area contributed by atoms with E-state index in [2.05, 4.69) is 47.7 Å². The monoisotopic (exact) mass is 387 g/mol. The van der Waals surface area contributed by atoms with Crippen LogP contribution in [-0.4, -0.2) is 56.9 Å². The number of likely N-dealkylation sites (tertiary alicyclic amines) is 1. The quantitative estimate of drug-likeness (QED) is 0.839. The van der Waals surface area contributed by atoms with E-state index in [0.29, 0.717) is 17.9 Å². The number of halogens is 1. The molecule has 1 saturated heterocycles. The van der Waals surface area contributed by atoms with Crippen molar-refractivity contribution in [1.82, 2.24) is 13.9 Å². The maximum absolute atomic E-state index is 12.3. The lowest BCUT2D eigenvalue weighted by Crippen LogP contribution is -2.47. The molecule has 3 rings (SSSR count). The zero-order valence-corrected chi connectivity index (χ0v) is 17.1. The van der Waals surface area contributed by atoms with Crippen LogP contribution in [0.2, 0.25) is 0 Å². The molecule has 7 heteroatoms. The fourth-order valence-corrected chi connectivity index (χ4v) is 4.89. The minimum atomic E-state index is -3.39. The van der Waals surface area contributed by atoms with Crippen LogP contribution in [0.3, 0.4) is 0 Å². The number of nitrogens with zero attached hydrogens (tertiary/aromatic N) is 2. The second-order valence-corrected chi connectivity index (χ2v) is 9.62. The van der Waals surface area contributed by atoms with Crippen molar-refractivity contribution in [2.24, 2.45) is 11.8 Å². The van der Waals surface area contributed by atoms with Gasteiger partial charge in [-0.15, -0.1) is 12.4 Å². The van der Waals surface area contributed by atoms with E-state index in [1.54, 1.807) is 14.1 Å². The molecule has 0 unspecified atom stereocenters. The third kappa shape index (κ3) is 4.37. The van der Waals surface area contributed by atoms with Gasteiger partial charge in [0.05, 0.1) is 0 Å². The molecule has 1 aromatic carbocycles. The fourth-order valence-electron chi connectivity index (χ4n) is 4.05. The molecule has 2 aliphatic rings. The Labute approximate surface area is 158 Å². The Morgan fingerprint density at radius 1 is 1.12 bits per heavy atom. The smallest absolute Gasteiger partial charge is 0.279 e. The van der Waals surface area contributed by atoms with Crippen LogP contribution in [0, 0.1) is 11.8 Å². The predicted molar refractivity (Wildman–Crippen MR) is 104 cm³/mol. The molecule has 2 atom stereocenters. The molecule has 1 aliphatic heterocycles. The zero-order valence-electron chi connectivity index (χ0n) is 15.5. The number of rotatable bonds is 5. The van der Waals surface area contributed by atoms with Gasteiger partial charge < -0.3 is 0 Å². The van der Waals surface area contributed by atoms with Crippen molar-refractivity contribution in [3.63, 3.8) is 0 Å². The van der Waals surface area contributed by atoms with E-state index in [4.69, 9.17) is 0 Å². The van der Waals surface area contributed by atoms with Gasteiger partial charge >= 0.3 is 0 Å². The maximum Gasteiger partial charge on any atom is 0.279 e. The molecule has 0 radical (unpaired) electrons. The summed E-state index contributed by atoms with van der Waals surface area (Å²) < 4.78 is 28.7. The van der Waals surface area contributed by atoms with Gasteiger partial charge in [0.1, 0.15) is 0 Å². The minimum absolute atomic E-state index is 0. The molecular formula is C18H30ClN3O2S. The number of nitrogens with one attached hydrogen (secondary N) is 1. The summed E-state index contributed by atoms with van der Waals surface area (Å²) in [6.45, 7) is 6.15. The van der Waals surface area contributed by atoms with Crippen LogP contribution in [0.25, 0.3) is 0 Å². The Balaban J connectivity index is 0.00000225. The number of hydrogen-bond donors (Lipinski definition) is 1. The number of hydrogen-bond acceptors (Lipinski definition) is 3. The van der Waals surface area contributed by atoms with Crippen LogP contribution >= 0.6 is 12.4 Å². The highest BCUT2D eigenvalue weighted by Crippen LogP contribution is 2.32. The molecule has 0 saturated carbocycles. The average molecular weight is 388 g/mol. The van der Waals surface area contributed by atoms with Crippen molar-refractivity contribution in [3.05, 3.63) is 35.4 Å². The van der Waals surface area contributed by atoms with Crippen molar-refractivity contribution in [2.45, 2.75) is 38.8 Å². The average Bonchev–Trinajstić information content (AvgIpc) is 3.09. The summed E-state index contributed by atoms with van der Waals surface area (Å²) in [5.41, 5.74) is 2.89. The van der Waals surface area contributed by atoms with Gasteiger partial charge in [-0.3, -0.25) is 4.90 Å². The lowest BCUT2D eigenvalue weighted by atomic mass is 9.92. The van der Waals surface area contributed by atoms with Crippen LogP contribution in [0.5, 0.6) is 0 Å². The molecule has 0 amide bonds. The largest absolute Gasteiger partial charge is 0.298 e. The lowest BCUT2D eigenvalue weighted by Gasteiger charge is -2.24. The first kappa shape index (κ1) is 20.6. The van der Waals surface area contributed by atoms with E-state index in [0.717, 1.165) is 25.9 Å². The van der Waals surface area contributed by atoms with Crippen molar-refractivity contribution < 1.29 is 8.42 Å². The molecule has 1 N–H and O–H groups in total. The Kier molecular flexibility index (Phi) is 6.55. The Morgan fingerprint density at radius 2 is 1.68 bits per heavy atom. The second kappa shape index (κ2) is 7.92. The highest BCUT2D eigenvalue weighted by molar-refractivity contribution is 7.87. The molecule has 0 bridgehead atoms. The normalized spacial score (nSPS) is 24.7. The van der Waals surface area contributed by atoms with E-state index in [1.165, 1.54) is 15.4 Å². The summed E-state index contributed by atoms with van der Waals surface area (Å²) in [5.74, 6) is 0.803. The van der Waals surface area contributed by atoms with Crippen LogP contribution in [0.4, 0.5) is 0 Å². The van der Waals surface area contributed by atoms with Crippen LogP contribution in [-0.2, 0) is 23.1 Å². The van der Waals surface area contributed by atoms with Gasteiger partial charge in [-0.05, 0) is 35.8 Å². The van der Waals surface area contributed by atoms with Gasteiger partial charge in [0.25, 0.3) is 10.2 Å². The molecule has 0 spiro atoms. The SMILES string of the molecule is CC(C)[C@H]1CN(C2Cc3ccccc3C2)C[C@@H]1NS(=O)(=O)N(C)C.Cl. The van der Waals surface area contributed by atoms with Gasteiger partial charge in [0.2, 0.25) is 0 Å². The summed E-state index contributed by atoms with van der Waals surface area (Å²) in [6.07, 6.45) is 2.16. The third-order valence-corrected chi connectivity index (χ3v) is 7.14. The van der Waals surface area contributed by atoms with E-state index < -0.39 is 10.2 Å². The van der Waals surface area contributed by atoms with Crippen molar-refractivity contribution in [3.8, 4) is 0 Å². The summed E-state index contributed by atoms with van der Waals surface area (Å²) >= 11 is 0. The third-order valence-electron chi connectivity index (χ3n) is 5.58. The van der Waals surface area contributed by atoms with E-state index >= 15 is 0 Å². The van der Waals surface area contributed by atoms with Gasteiger partial charge in [-0.2, -0.15) is 17.4 Å². The number of benzene rings is 1. The topological polar surface area (TPSA) is 52.7 Å². The maximum atomic E-state index is 12.3. The molecule has 1 heterocycles. The summed E-state index contributed by atoms with van der Waals surface area (Å²) in [5, 5.41) is 0. The van der Waals surface area contributed by atoms with E-state index in [-0.39, 0.29) is 18.4 Å². The zero-order chi connectivity index (χ0) is 17.5.